The third kappa shape index (κ3) is 4.73. The summed E-state index contributed by atoms with van der Waals surface area (Å²) in [5.74, 6) is -0.567. The van der Waals surface area contributed by atoms with Crippen LogP contribution in [0.4, 0.5) is 13.2 Å². The summed E-state index contributed by atoms with van der Waals surface area (Å²) in [6.45, 7) is -0.0744. The van der Waals surface area contributed by atoms with Gasteiger partial charge >= 0.3 is 6.36 Å². The first-order valence-corrected chi connectivity index (χ1v) is 8.10. The average Bonchev–Trinajstić information content (AvgIpc) is 2.99. The summed E-state index contributed by atoms with van der Waals surface area (Å²) in [6.07, 6.45) is -3.68. The molecule has 1 N–H and O–H groups in total. The number of hydrogen-bond donors (Lipinski definition) is 1. The van der Waals surface area contributed by atoms with Crippen molar-refractivity contribution in [3.8, 4) is 5.75 Å². The van der Waals surface area contributed by atoms with Gasteiger partial charge in [-0.05, 0) is 24.3 Å². The van der Waals surface area contributed by atoms with Gasteiger partial charge in [0.2, 0.25) is 10.0 Å². The lowest BCUT2D eigenvalue weighted by molar-refractivity contribution is -0.275. The molecule has 1 aromatic heterocycles. The van der Waals surface area contributed by atoms with Crippen molar-refractivity contribution in [3.05, 3.63) is 48.4 Å². The van der Waals surface area contributed by atoms with Crippen LogP contribution in [-0.2, 0) is 14.8 Å². The van der Waals surface area contributed by atoms with Gasteiger partial charge in [0, 0.05) is 7.11 Å². The van der Waals surface area contributed by atoms with Gasteiger partial charge in [-0.25, -0.2) is 8.42 Å². The van der Waals surface area contributed by atoms with Crippen LogP contribution in [0.2, 0.25) is 0 Å². The first-order valence-electron chi connectivity index (χ1n) is 6.62. The summed E-state index contributed by atoms with van der Waals surface area (Å²) < 4.78 is 78.3. The molecule has 2 rings (SSSR count). The fraction of sp³-hybridized carbons (Fsp3) is 0.286. The number of sulfonamides is 1. The van der Waals surface area contributed by atoms with Crippen molar-refractivity contribution < 1.29 is 35.5 Å². The van der Waals surface area contributed by atoms with Crippen molar-refractivity contribution in [1.29, 1.82) is 0 Å². The van der Waals surface area contributed by atoms with Gasteiger partial charge in [-0.15, -0.1) is 13.2 Å². The summed E-state index contributed by atoms with van der Waals surface area (Å²) in [7, 11) is -2.97. The second kappa shape index (κ2) is 7.24. The third-order valence-corrected chi connectivity index (χ3v) is 4.39. The Balaban J connectivity index is 2.33. The maximum Gasteiger partial charge on any atom is 0.573 e. The molecule has 1 unspecified atom stereocenters. The van der Waals surface area contributed by atoms with Crippen molar-refractivity contribution in [2.45, 2.75) is 17.3 Å². The quantitative estimate of drug-likeness (QED) is 0.816. The standard InChI is InChI=1S/C14H14F3NO5S/c1-21-9-10(11-6-4-8-22-11)18-24(19,20)13-7-3-2-5-12(13)23-14(15,16)17/h2-8,10,18H,9H2,1H3. The first-order chi connectivity index (χ1) is 11.2. The molecule has 0 radical (unpaired) electrons. The average molecular weight is 365 g/mol. The second-order valence-electron chi connectivity index (χ2n) is 4.64. The number of nitrogens with one attached hydrogen (secondary N) is 1. The van der Waals surface area contributed by atoms with Crippen LogP contribution in [0, 0.1) is 0 Å². The molecule has 0 bridgehead atoms. The lowest BCUT2D eigenvalue weighted by Gasteiger charge is -2.18. The molecule has 0 aliphatic heterocycles. The highest BCUT2D eigenvalue weighted by molar-refractivity contribution is 7.89. The van der Waals surface area contributed by atoms with Crippen molar-refractivity contribution in [2.24, 2.45) is 0 Å². The molecular weight excluding hydrogens is 351 g/mol. The Morgan fingerprint density at radius 1 is 1.21 bits per heavy atom. The zero-order chi connectivity index (χ0) is 17.8. The van der Waals surface area contributed by atoms with E-state index < -0.39 is 33.1 Å². The zero-order valence-electron chi connectivity index (χ0n) is 12.4. The van der Waals surface area contributed by atoms with Crippen LogP contribution in [0.25, 0.3) is 0 Å². The number of furan rings is 1. The van der Waals surface area contributed by atoms with E-state index in [2.05, 4.69) is 9.46 Å². The van der Waals surface area contributed by atoms with Crippen LogP contribution >= 0.6 is 0 Å². The number of methoxy groups -OCH3 is 1. The van der Waals surface area contributed by atoms with E-state index in [1.807, 2.05) is 0 Å². The van der Waals surface area contributed by atoms with E-state index >= 15 is 0 Å². The highest BCUT2D eigenvalue weighted by Crippen LogP contribution is 2.30. The second-order valence-corrected chi connectivity index (χ2v) is 6.32. The molecule has 10 heteroatoms. The number of para-hydroxylation sites is 1. The fourth-order valence-corrected chi connectivity index (χ4v) is 3.28. The molecule has 2 aromatic rings. The summed E-state index contributed by atoms with van der Waals surface area (Å²) in [5, 5.41) is 0. The van der Waals surface area contributed by atoms with Crippen LogP contribution in [-0.4, -0.2) is 28.5 Å². The molecule has 0 fully saturated rings. The minimum atomic E-state index is -5.02. The summed E-state index contributed by atoms with van der Waals surface area (Å²) in [6, 6.07) is 6.61. The molecule has 132 valence electrons. The Labute approximate surface area is 136 Å². The van der Waals surface area contributed by atoms with E-state index in [0.29, 0.717) is 0 Å². The molecule has 6 nitrogen and oxygen atoms in total. The SMILES string of the molecule is COCC(NS(=O)(=O)c1ccccc1OC(F)(F)F)c1ccco1. The Morgan fingerprint density at radius 2 is 1.92 bits per heavy atom. The van der Waals surface area contributed by atoms with Gasteiger partial charge in [0.1, 0.15) is 22.4 Å². The normalized spacial score (nSPS) is 13.7. The molecule has 0 aliphatic carbocycles. The molecular formula is C14H14F3NO5S. The largest absolute Gasteiger partial charge is 0.573 e. The van der Waals surface area contributed by atoms with E-state index in [0.717, 1.165) is 12.1 Å². The maximum atomic E-state index is 12.5. The molecule has 1 heterocycles. The molecule has 0 aliphatic rings. The van der Waals surface area contributed by atoms with E-state index in [1.165, 1.54) is 31.6 Å². The number of benzene rings is 1. The van der Waals surface area contributed by atoms with Crippen LogP contribution in [0.1, 0.15) is 11.8 Å². The lowest BCUT2D eigenvalue weighted by atomic mass is 10.2. The maximum absolute atomic E-state index is 12.5. The number of ether oxygens (including phenoxy) is 2. The van der Waals surface area contributed by atoms with Gasteiger partial charge in [-0.1, -0.05) is 12.1 Å². The molecule has 0 amide bonds. The number of hydrogen-bond acceptors (Lipinski definition) is 5. The van der Waals surface area contributed by atoms with Gasteiger partial charge in [0.05, 0.1) is 12.9 Å². The Bertz CT molecular complexity index is 759. The van der Waals surface area contributed by atoms with E-state index in [-0.39, 0.29) is 12.4 Å². The van der Waals surface area contributed by atoms with Gasteiger partial charge < -0.3 is 13.9 Å². The van der Waals surface area contributed by atoms with Gasteiger partial charge in [0.25, 0.3) is 0 Å². The highest BCUT2D eigenvalue weighted by atomic mass is 32.2. The van der Waals surface area contributed by atoms with Crippen molar-refractivity contribution >= 4 is 10.0 Å². The van der Waals surface area contributed by atoms with Crippen LogP contribution in [0.5, 0.6) is 5.75 Å². The summed E-state index contributed by atoms with van der Waals surface area (Å²) in [4.78, 5) is -0.644. The third-order valence-electron chi connectivity index (χ3n) is 2.88. The Hall–Kier alpha value is -2.04. The smallest absolute Gasteiger partial charge is 0.468 e. The van der Waals surface area contributed by atoms with Crippen molar-refractivity contribution in [1.82, 2.24) is 4.72 Å². The molecule has 1 atom stereocenters. The Morgan fingerprint density at radius 3 is 2.50 bits per heavy atom. The summed E-state index contributed by atoms with van der Waals surface area (Å²) in [5.41, 5.74) is 0. The molecule has 0 saturated carbocycles. The minimum absolute atomic E-state index is 0.0744. The predicted octanol–water partition coefficient (Wildman–Crippen LogP) is 2.84. The number of halogens is 3. The van der Waals surface area contributed by atoms with Crippen molar-refractivity contribution in [3.63, 3.8) is 0 Å². The monoisotopic (exact) mass is 365 g/mol. The van der Waals surface area contributed by atoms with Crippen LogP contribution < -0.4 is 9.46 Å². The van der Waals surface area contributed by atoms with E-state index in [4.69, 9.17) is 9.15 Å². The number of alkyl halides is 3. The zero-order valence-corrected chi connectivity index (χ0v) is 13.2. The molecule has 0 saturated heterocycles. The molecule has 24 heavy (non-hydrogen) atoms. The number of rotatable bonds is 7. The summed E-state index contributed by atoms with van der Waals surface area (Å²) >= 11 is 0. The minimum Gasteiger partial charge on any atom is -0.468 e. The van der Waals surface area contributed by atoms with E-state index in [9.17, 15) is 21.6 Å². The van der Waals surface area contributed by atoms with Gasteiger partial charge in [0.15, 0.2) is 0 Å². The van der Waals surface area contributed by atoms with Gasteiger partial charge in [-0.3, -0.25) is 0 Å². The lowest BCUT2D eigenvalue weighted by Crippen LogP contribution is -2.32. The van der Waals surface area contributed by atoms with Crippen LogP contribution in [0.3, 0.4) is 0 Å². The van der Waals surface area contributed by atoms with E-state index in [1.54, 1.807) is 6.07 Å². The molecule has 0 spiro atoms. The van der Waals surface area contributed by atoms with Crippen molar-refractivity contribution in [2.75, 3.05) is 13.7 Å². The predicted molar refractivity (Wildman–Crippen MR) is 76.8 cm³/mol. The Kier molecular flexibility index (Phi) is 5.52. The molecule has 1 aromatic carbocycles. The van der Waals surface area contributed by atoms with Crippen LogP contribution in [0.15, 0.2) is 52.0 Å². The fourth-order valence-electron chi connectivity index (χ4n) is 1.96. The highest BCUT2D eigenvalue weighted by Gasteiger charge is 2.34. The first kappa shape index (κ1) is 18.3. The topological polar surface area (TPSA) is 77.8 Å². The van der Waals surface area contributed by atoms with Gasteiger partial charge in [-0.2, -0.15) is 4.72 Å².